The van der Waals surface area contributed by atoms with Crippen LogP contribution in [-0.2, 0) is 6.42 Å². The smallest absolute Gasteiger partial charge is 0.251 e. The number of rotatable bonds is 3. The van der Waals surface area contributed by atoms with Crippen molar-refractivity contribution in [3.8, 4) is 5.95 Å². The Bertz CT molecular complexity index is 656. The molecule has 3 aromatic rings. The van der Waals surface area contributed by atoms with Gasteiger partial charge in [-0.1, -0.05) is 18.2 Å². The van der Waals surface area contributed by atoms with E-state index in [0.29, 0.717) is 12.5 Å². The highest BCUT2D eigenvalue weighted by atomic mass is 15.3. The Labute approximate surface area is 104 Å². The summed E-state index contributed by atoms with van der Waals surface area (Å²) in [6.45, 7) is 0.605. The van der Waals surface area contributed by atoms with Crippen LogP contribution in [0.5, 0.6) is 0 Å². The predicted molar refractivity (Wildman–Crippen MR) is 69.4 cm³/mol. The van der Waals surface area contributed by atoms with Crippen molar-refractivity contribution in [2.45, 2.75) is 6.42 Å². The third-order valence-electron chi connectivity index (χ3n) is 2.79. The van der Waals surface area contributed by atoms with Gasteiger partial charge in [0.25, 0.3) is 5.95 Å². The Kier molecular flexibility index (Phi) is 2.74. The highest BCUT2D eigenvalue weighted by Crippen LogP contribution is 2.15. The lowest BCUT2D eigenvalue weighted by molar-refractivity contribution is 0.821. The maximum Gasteiger partial charge on any atom is 0.251 e. The summed E-state index contributed by atoms with van der Waals surface area (Å²) < 4.78 is 1.74. The summed E-state index contributed by atoms with van der Waals surface area (Å²) in [6.07, 6.45) is 6.20. The molecule has 0 unspecified atom stereocenters. The zero-order valence-corrected chi connectivity index (χ0v) is 9.82. The zero-order chi connectivity index (χ0) is 12.4. The normalized spacial score (nSPS) is 10.9. The first-order valence-corrected chi connectivity index (χ1v) is 5.82. The van der Waals surface area contributed by atoms with E-state index in [0.717, 1.165) is 22.9 Å². The van der Waals surface area contributed by atoms with Gasteiger partial charge in [0.15, 0.2) is 0 Å². The molecule has 3 rings (SSSR count). The van der Waals surface area contributed by atoms with Crippen LogP contribution in [0, 0.1) is 0 Å². The van der Waals surface area contributed by atoms with Gasteiger partial charge in [0.05, 0.1) is 11.7 Å². The second-order valence-electron chi connectivity index (χ2n) is 4.05. The summed E-state index contributed by atoms with van der Waals surface area (Å²) in [6, 6.07) is 7.98. The van der Waals surface area contributed by atoms with E-state index < -0.39 is 0 Å². The molecule has 18 heavy (non-hydrogen) atoms. The van der Waals surface area contributed by atoms with Crippen LogP contribution in [-0.4, -0.2) is 26.3 Å². The first kappa shape index (κ1) is 10.9. The van der Waals surface area contributed by atoms with Gasteiger partial charge >= 0.3 is 0 Å². The van der Waals surface area contributed by atoms with E-state index in [9.17, 15) is 0 Å². The minimum atomic E-state index is 0.581. The molecule has 90 valence electrons. The van der Waals surface area contributed by atoms with Crippen molar-refractivity contribution in [3.05, 3.63) is 48.4 Å². The van der Waals surface area contributed by atoms with E-state index in [-0.39, 0.29) is 0 Å². The lowest BCUT2D eigenvalue weighted by Gasteiger charge is -2.02. The maximum absolute atomic E-state index is 5.49. The number of benzene rings is 1. The van der Waals surface area contributed by atoms with Gasteiger partial charge in [-0.15, -0.1) is 0 Å². The Morgan fingerprint density at radius 1 is 1.06 bits per heavy atom. The SMILES string of the molecule is NCCc1cnc(-n2ncc3ccccc32)nc1. The monoisotopic (exact) mass is 239 g/mol. The van der Waals surface area contributed by atoms with Gasteiger partial charge < -0.3 is 5.73 Å². The molecule has 5 nitrogen and oxygen atoms in total. The van der Waals surface area contributed by atoms with Crippen molar-refractivity contribution < 1.29 is 0 Å². The van der Waals surface area contributed by atoms with Crippen molar-refractivity contribution in [2.24, 2.45) is 5.73 Å². The van der Waals surface area contributed by atoms with E-state index in [4.69, 9.17) is 5.73 Å². The number of hydrogen-bond donors (Lipinski definition) is 1. The highest BCUT2D eigenvalue weighted by Gasteiger charge is 2.06. The maximum atomic E-state index is 5.49. The summed E-state index contributed by atoms with van der Waals surface area (Å²) in [7, 11) is 0. The van der Waals surface area contributed by atoms with Crippen LogP contribution in [0.25, 0.3) is 16.9 Å². The lowest BCUT2D eigenvalue weighted by Crippen LogP contribution is -2.06. The zero-order valence-electron chi connectivity index (χ0n) is 9.82. The molecule has 0 saturated carbocycles. The Hall–Kier alpha value is -2.27. The molecule has 2 aromatic heterocycles. The lowest BCUT2D eigenvalue weighted by atomic mass is 10.2. The minimum Gasteiger partial charge on any atom is -0.330 e. The summed E-state index contributed by atoms with van der Waals surface area (Å²) >= 11 is 0. The summed E-state index contributed by atoms with van der Waals surface area (Å²) in [5.41, 5.74) is 7.54. The van der Waals surface area contributed by atoms with Crippen LogP contribution in [0.15, 0.2) is 42.9 Å². The van der Waals surface area contributed by atoms with Crippen molar-refractivity contribution in [2.75, 3.05) is 6.54 Å². The molecule has 0 aliphatic carbocycles. The largest absolute Gasteiger partial charge is 0.330 e. The summed E-state index contributed by atoms with van der Waals surface area (Å²) in [4.78, 5) is 8.65. The topological polar surface area (TPSA) is 69.6 Å². The fraction of sp³-hybridized carbons (Fsp3) is 0.154. The Morgan fingerprint density at radius 3 is 2.61 bits per heavy atom. The van der Waals surface area contributed by atoms with Gasteiger partial charge in [0.1, 0.15) is 0 Å². The molecule has 0 bridgehead atoms. The molecule has 0 saturated heterocycles. The number of nitrogens with zero attached hydrogens (tertiary/aromatic N) is 4. The van der Waals surface area contributed by atoms with Crippen LogP contribution in [0.4, 0.5) is 0 Å². The molecule has 0 aliphatic rings. The highest BCUT2D eigenvalue weighted by molar-refractivity contribution is 5.79. The quantitative estimate of drug-likeness (QED) is 0.748. The number of nitrogens with two attached hydrogens (primary N) is 1. The first-order valence-electron chi connectivity index (χ1n) is 5.82. The van der Waals surface area contributed by atoms with Gasteiger partial charge in [0.2, 0.25) is 0 Å². The van der Waals surface area contributed by atoms with Crippen molar-refractivity contribution in [3.63, 3.8) is 0 Å². The number of para-hydroxylation sites is 1. The van der Waals surface area contributed by atoms with Gasteiger partial charge in [-0.3, -0.25) is 0 Å². The van der Waals surface area contributed by atoms with Crippen LogP contribution in [0.3, 0.4) is 0 Å². The third-order valence-corrected chi connectivity index (χ3v) is 2.79. The van der Waals surface area contributed by atoms with Crippen LogP contribution in [0.1, 0.15) is 5.56 Å². The molecule has 2 heterocycles. The van der Waals surface area contributed by atoms with Crippen molar-refractivity contribution in [1.82, 2.24) is 19.7 Å². The minimum absolute atomic E-state index is 0.581. The van der Waals surface area contributed by atoms with Gasteiger partial charge in [-0.2, -0.15) is 9.78 Å². The molecule has 0 aliphatic heterocycles. The number of fused-ring (bicyclic) bond motifs is 1. The number of hydrogen-bond acceptors (Lipinski definition) is 4. The fourth-order valence-electron chi connectivity index (χ4n) is 1.88. The van der Waals surface area contributed by atoms with Crippen LogP contribution >= 0.6 is 0 Å². The molecule has 0 spiro atoms. The molecule has 0 radical (unpaired) electrons. The Balaban J connectivity index is 2.03. The van der Waals surface area contributed by atoms with Crippen molar-refractivity contribution in [1.29, 1.82) is 0 Å². The second-order valence-corrected chi connectivity index (χ2v) is 4.05. The molecule has 0 atom stereocenters. The fourth-order valence-corrected chi connectivity index (χ4v) is 1.88. The molecule has 2 N–H and O–H groups in total. The van der Waals surface area contributed by atoms with Gasteiger partial charge in [-0.05, 0) is 24.6 Å². The standard InChI is InChI=1S/C13H13N5/c14-6-5-10-7-15-13(16-8-10)18-12-4-2-1-3-11(12)9-17-18/h1-4,7-9H,5-6,14H2. The summed E-state index contributed by atoms with van der Waals surface area (Å²) in [5.74, 6) is 0.581. The summed E-state index contributed by atoms with van der Waals surface area (Å²) in [5, 5.41) is 5.38. The Morgan fingerprint density at radius 2 is 1.83 bits per heavy atom. The predicted octanol–water partition coefficient (Wildman–Crippen LogP) is 1.32. The van der Waals surface area contributed by atoms with Crippen molar-refractivity contribution >= 4 is 10.9 Å². The first-order chi connectivity index (χ1) is 8.88. The van der Waals surface area contributed by atoms with E-state index in [1.807, 2.05) is 30.5 Å². The molecule has 0 fully saturated rings. The number of aromatic nitrogens is 4. The molecule has 5 heteroatoms. The van der Waals surface area contributed by atoms with E-state index in [1.54, 1.807) is 17.1 Å². The van der Waals surface area contributed by atoms with E-state index >= 15 is 0 Å². The van der Waals surface area contributed by atoms with Gasteiger partial charge in [0, 0.05) is 17.8 Å². The van der Waals surface area contributed by atoms with E-state index in [2.05, 4.69) is 15.1 Å². The average Bonchev–Trinajstić information content (AvgIpc) is 2.84. The molecular formula is C13H13N5. The molecular weight excluding hydrogens is 226 g/mol. The molecule has 0 amide bonds. The molecule has 1 aromatic carbocycles. The van der Waals surface area contributed by atoms with Crippen LogP contribution < -0.4 is 5.73 Å². The third kappa shape index (κ3) is 1.84. The van der Waals surface area contributed by atoms with E-state index in [1.165, 1.54) is 0 Å². The second kappa shape index (κ2) is 4.54. The van der Waals surface area contributed by atoms with Gasteiger partial charge in [-0.25, -0.2) is 9.97 Å². The van der Waals surface area contributed by atoms with Crippen LogP contribution in [0.2, 0.25) is 0 Å². The average molecular weight is 239 g/mol.